The number of nitrogens with two attached hydrogens (primary N) is 1. The van der Waals surface area contributed by atoms with Gasteiger partial charge in [-0.05, 0) is 32.4 Å². The molecule has 0 aromatic carbocycles. The van der Waals surface area contributed by atoms with Crippen molar-refractivity contribution < 1.29 is 9.90 Å². The van der Waals surface area contributed by atoms with Crippen molar-refractivity contribution in [1.82, 2.24) is 4.98 Å². The summed E-state index contributed by atoms with van der Waals surface area (Å²) in [6, 6.07) is 2.99. The molecule has 1 rings (SSSR count). The van der Waals surface area contributed by atoms with Gasteiger partial charge in [-0.1, -0.05) is 6.92 Å². The van der Waals surface area contributed by atoms with Gasteiger partial charge in [0.2, 0.25) is 0 Å². The van der Waals surface area contributed by atoms with E-state index in [1.165, 1.54) is 6.07 Å². The number of aromatic nitrogens is 1. The number of anilines is 2. The highest BCUT2D eigenvalue weighted by molar-refractivity contribution is 5.87. The van der Waals surface area contributed by atoms with Crippen LogP contribution in [0, 0.1) is 0 Å². The Hall–Kier alpha value is -1.78. The number of carbonyl (C=O) groups is 1. The van der Waals surface area contributed by atoms with Gasteiger partial charge in [-0.25, -0.2) is 9.78 Å². The van der Waals surface area contributed by atoms with Crippen molar-refractivity contribution in [3.8, 4) is 0 Å². The molecule has 5 heteroatoms. The molecule has 0 atom stereocenters. The van der Waals surface area contributed by atoms with Crippen LogP contribution in [-0.4, -0.2) is 28.6 Å². The molecular weight excluding hydrogens is 218 g/mol. The first-order chi connectivity index (χ1) is 7.79. The number of nitrogen functional groups attached to an aromatic ring is 1. The second-order valence-corrected chi connectivity index (χ2v) is 4.64. The van der Waals surface area contributed by atoms with E-state index in [2.05, 4.69) is 25.8 Å². The molecule has 5 nitrogen and oxygen atoms in total. The molecule has 0 spiro atoms. The summed E-state index contributed by atoms with van der Waals surface area (Å²) >= 11 is 0. The van der Waals surface area contributed by atoms with Gasteiger partial charge in [0.05, 0.1) is 5.69 Å². The molecule has 0 amide bonds. The molecule has 0 aliphatic heterocycles. The molecule has 94 valence electrons. The Kier molecular flexibility index (Phi) is 3.60. The van der Waals surface area contributed by atoms with Crippen LogP contribution in [0.5, 0.6) is 0 Å². The molecular formula is C12H19N3O2. The van der Waals surface area contributed by atoms with Crippen LogP contribution >= 0.6 is 0 Å². The Morgan fingerprint density at radius 2 is 2.12 bits per heavy atom. The highest BCUT2D eigenvalue weighted by Gasteiger charge is 2.24. The molecule has 17 heavy (non-hydrogen) atoms. The Morgan fingerprint density at radius 3 is 2.59 bits per heavy atom. The van der Waals surface area contributed by atoms with E-state index in [1.54, 1.807) is 6.07 Å². The Labute approximate surface area is 101 Å². The molecule has 0 fully saturated rings. The van der Waals surface area contributed by atoms with Crippen molar-refractivity contribution in [1.29, 1.82) is 0 Å². The summed E-state index contributed by atoms with van der Waals surface area (Å²) < 4.78 is 0. The minimum atomic E-state index is -1.05. The molecule has 3 N–H and O–H groups in total. The largest absolute Gasteiger partial charge is 0.477 e. The van der Waals surface area contributed by atoms with E-state index in [4.69, 9.17) is 10.8 Å². The van der Waals surface area contributed by atoms with Crippen molar-refractivity contribution >= 4 is 17.5 Å². The molecule has 0 saturated carbocycles. The minimum Gasteiger partial charge on any atom is -0.477 e. The van der Waals surface area contributed by atoms with Crippen LogP contribution in [0.2, 0.25) is 0 Å². The monoisotopic (exact) mass is 237 g/mol. The summed E-state index contributed by atoms with van der Waals surface area (Å²) in [5.41, 5.74) is 6.21. The van der Waals surface area contributed by atoms with Gasteiger partial charge in [0.1, 0.15) is 0 Å². The van der Waals surface area contributed by atoms with E-state index in [1.807, 2.05) is 11.9 Å². The predicted octanol–water partition coefficient (Wildman–Crippen LogP) is 1.99. The maximum absolute atomic E-state index is 10.9. The summed E-state index contributed by atoms with van der Waals surface area (Å²) in [4.78, 5) is 16.9. The van der Waals surface area contributed by atoms with Gasteiger partial charge in [0.15, 0.2) is 11.5 Å². The lowest BCUT2D eigenvalue weighted by Gasteiger charge is -2.36. The van der Waals surface area contributed by atoms with E-state index in [9.17, 15) is 4.79 Å². The lowest BCUT2D eigenvalue weighted by Crippen LogP contribution is -2.41. The number of hydrogen-bond acceptors (Lipinski definition) is 4. The van der Waals surface area contributed by atoms with Crippen LogP contribution in [0.1, 0.15) is 37.7 Å². The summed E-state index contributed by atoms with van der Waals surface area (Å²) in [7, 11) is 1.87. The highest BCUT2D eigenvalue weighted by atomic mass is 16.4. The fourth-order valence-electron chi connectivity index (χ4n) is 1.37. The molecule has 1 aromatic rings. The normalized spacial score (nSPS) is 11.3. The fourth-order valence-corrected chi connectivity index (χ4v) is 1.37. The lowest BCUT2D eigenvalue weighted by molar-refractivity contribution is 0.0690. The first-order valence-electron chi connectivity index (χ1n) is 5.53. The van der Waals surface area contributed by atoms with Gasteiger partial charge in [0.25, 0.3) is 0 Å². The quantitative estimate of drug-likeness (QED) is 0.837. The van der Waals surface area contributed by atoms with Gasteiger partial charge in [-0.2, -0.15) is 0 Å². The molecule has 1 heterocycles. The predicted molar refractivity (Wildman–Crippen MR) is 68.4 cm³/mol. The van der Waals surface area contributed by atoms with Crippen LogP contribution in [0.15, 0.2) is 12.1 Å². The second kappa shape index (κ2) is 4.61. The molecule has 0 aliphatic rings. The van der Waals surface area contributed by atoms with Crippen LogP contribution in [0.25, 0.3) is 0 Å². The van der Waals surface area contributed by atoms with Crippen LogP contribution in [0.3, 0.4) is 0 Å². The van der Waals surface area contributed by atoms with Gasteiger partial charge in [0, 0.05) is 12.6 Å². The second-order valence-electron chi connectivity index (χ2n) is 4.64. The minimum absolute atomic E-state index is 0.00736. The van der Waals surface area contributed by atoms with Crippen molar-refractivity contribution in [3.63, 3.8) is 0 Å². The van der Waals surface area contributed by atoms with Crippen molar-refractivity contribution in [2.45, 2.75) is 32.7 Å². The number of aromatic carboxylic acids is 1. The summed E-state index contributed by atoms with van der Waals surface area (Å²) in [6.45, 7) is 6.18. The molecule has 1 aromatic heterocycles. The maximum Gasteiger partial charge on any atom is 0.354 e. The summed E-state index contributed by atoms with van der Waals surface area (Å²) in [5, 5.41) is 8.92. The van der Waals surface area contributed by atoms with Crippen molar-refractivity contribution in [3.05, 3.63) is 17.8 Å². The maximum atomic E-state index is 10.9. The van der Waals surface area contributed by atoms with Gasteiger partial charge in [-0.15, -0.1) is 0 Å². The zero-order valence-corrected chi connectivity index (χ0v) is 10.7. The average Bonchev–Trinajstić information content (AvgIpc) is 2.28. The molecule has 0 radical (unpaired) electrons. The molecule has 0 saturated heterocycles. The number of rotatable bonds is 4. The van der Waals surface area contributed by atoms with Crippen molar-refractivity contribution in [2.24, 2.45) is 0 Å². The van der Waals surface area contributed by atoms with E-state index in [0.717, 1.165) is 6.42 Å². The number of nitrogens with zero attached hydrogens (tertiary/aromatic N) is 2. The van der Waals surface area contributed by atoms with Gasteiger partial charge >= 0.3 is 5.97 Å². The van der Waals surface area contributed by atoms with E-state index in [-0.39, 0.29) is 11.2 Å². The Balaban J connectivity index is 3.21. The fraction of sp³-hybridized carbons (Fsp3) is 0.500. The van der Waals surface area contributed by atoms with E-state index >= 15 is 0 Å². The van der Waals surface area contributed by atoms with Crippen LogP contribution < -0.4 is 10.6 Å². The van der Waals surface area contributed by atoms with E-state index < -0.39 is 5.97 Å². The zero-order chi connectivity index (χ0) is 13.2. The molecule has 0 bridgehead atoms. The van der Waals surface area contributed by atoms with Crippen LogP contribution in [-0.2, 0) is 0 Å². The van der Waals surface area contributed by atoms with Gasteiger partial charge in [-0.3, -0.25) is 0 Å². The number of carboxylic acids is 1. The molecule has 0 unspecified atom stereocenters. The Morgan fingerprint density at radius 1 is 1.53 bits per heavy atom. The first kappa shape index (κ1) is 13.3. The lowest BCUT2D eigenvalue weighted by atomic mass is 10.00. The topological polar surface area (TPSA) is 79.5 Å². The third-order valence-corrected chi connectivity index (χ3v) is 3.22. The SMILES string of the molecule is CCC(C)(C)N(C)c1nc(C(=O)O)ccc1N. The third-order valence-electron chi connectivity index (χ3n) is 3.22. The summed E-state index contributed by atoms with van der Waals surface area (Å²) in [6.07, 6.45) is 0.905. The number of carboxylic acid groups (broad SMARTS) is 1. The summed E-state index contributed by atoms with van der Waals surface area (Å²) in [5.74, 6) is -0.536. The average molecular weight is 237 g/mol. The first-order valence-corrected chi connectivity index (χ1v) is 5.53. The molecule has 0 aliphatic carbocycles. The van der Waals surface area contributed by atoms with Crippen LogP contribution in [0.4, 0.5) is 11.5 Å². The highest BCUT2D eigenvalue weighted by Crippen LogP contribution is 2.27. The standard InChI is InChI=1S/C12H19N3O2/c1-5-12(2,3)15(4)10-8(13)6-7-9(14-10)11(16)17/h6-7H,5,13H2,1-4H3,(H,16,17). The third kappa shape index (κ3) is 2.67. The van der Waals surface area contributed by atoms with Crippen molar-refractivity contribution in [2.75, 3.05) is 17.7 Å². The number of pyridine rings is 1. The Bertz CT molecular complexity index is 430. The zero-order valence-electron chi connectivity index (χ0n) is 10.7. The smallest absolute Gasteiger partial charge is 0.354 e. The van der Waals surface area contributed by atoms with Gasteiger partial charge < -0.3 is 15.7 Å². The van der Waals surface area contributed by atoms with E-state index in [0.29, 0.717) is 11.5 Å². The number of hydrogen-bond donors (Lipinski definition) is 2.